The first-order chi connectivity index (χ1) is 7.43. The zero-order chi connectivity index (χ0) is 10.1. The van der Waals surface area contributed by atoms with E-state index in [1.54, 1.807) is 0 Å². The van der Waals surface area contributed by atoms with Gasteiger partial charge in [-0.05, 0) is 42.8 Å². The van der Waals surface area contributed by atoms with Crippen molar-refractivity contribution in [3.05, 3.63) is 36.0 Å². The van der Waals surface area contributed by atoms with Crippen LogP contribution >= 0.6 is 0 Å². The molecular formula is C13H16N2. The van der Waals surface area contributed by atoms with Crippen LogP contribution in [0.3, 0.4) is 0 Å². The Morgan fingerprint density at radius 3 is 3.13 bits per heavy atom. The van der Waals surface area contributed by atoms with E-state index in [1.807, 2.05) is 6.20 Å². The standard InChI is InChI=1S/C13H16N2/c1-3-10-6-8-15-13(10)11(4-1)9-12-5-2-7-14-12/h1,3-4,6,8,12,14-15H,2,5,7,9H2. The molecule has 1 aliphatic rings. The SMILES string of the molecule is c1cc(CC2CCCN2)c2[nH]ccc2c1. The van der Waals surface area contributed by atoms with Gasteiger partial charge < -0.3 is 10.3 Å². The van der Waals surface area contributed by atoms with Crippen LogP contribution < -0.4 is 5.32 Å². The third-order valence-electron chi connectivity index (χ3n) is 3.30. The van der Waals surface area contributed by atoms with E-state index >= 15 is 0 Å². The Labute approximate surface area is 89.7 Å². The maximum absolute atomic E-state index is 3.55. The Kier molecular flexibility index (Phi) is 2.22. The number of aromatic amines is 1. The second-order valence-electron chi connectivity index (χ2n) is 4.36. The Hall–Kier alpha value is -1.28. The summed E-state index contributed by atoms with van der Waals surface area (Å²) in [6, 6.07) is 9.37. The number of rotatable bonds is 2. The predicted octanol–water partition coefficient (Wildman–Crippen LogP) is 2.46. The molecule has 1 atom stereocenters. The van der Waals surface area contributed by atoms with Crippen molar-refractivity contribution < 1.29 is 0 Å². The number of nitrogens with one attached hydrogen (secondary N) is 2. The minimum atomic E-state index is 0.680. The highest BCUT2D eigenvalue weighted by atomic mass is 14.9. The van der Waals surface area contributed by atoms with Crippen LogP contribution in [0.25, 0.3) is 10.9 Å². The fourth-order valence-corrected chi connectivity index (χ4v) is 2.52. The summed E-state index contributed by atoms with van der Waals surface area (Å²) in [7, 11) is 0. The maximum atomic E-state index is 3.55. The van der Waals surface area contributed by atoms with E-state index in [0.717, 1.165) is 6.42 Å². The molecule has 0 spiro atoms. The van der Waals surface area contributed by atoms with E-state index in [0.29, 0.717) is 6.04 Å². The molecule has 2 heterocycles. The van der Waals surface area contributed by atoms with Gasteiger partial charge in [0.25, 0.3) is 0 Å². The van der Waals surface area contributed by atoms with Gasteiger partial charge in [0, 0.05) is 17.8 Å². The van der Waals surface area contributed by atoms with E-state index in [-0.39, 0.29) is 0 Å². The average Bonchev–Trinajstić information content (AvgIpc) is 2.87. The lowest BCUT2D eigenvalue weighted by Gasteiger charge is -2.10. The lowest BCUT2D eigenvalue weighted by atomic mass is 10.0. The Bertz CT molecular complexity index is 452. The second kappa shape index (κ2) is 3.70. The van der Waals surface area contributed by atoms with Crippen LogP contribution in [0.2, 0.25) is 0 Å². The molecule has 0 amide bonds. The van der Waals surface area contributed by atoms with Crippen LogP contribution in [-0.4, -0.2) is 17.6 Å². The molecule has 1 unspecified atom stereocenters. The zero-order valence-electron chi connectivity index (χ0n) is 8.79. The maximum Gasteiger partial charge on any atom is 0.0487 e. The quantitative estimate of drug-likeness (QED) is 0.765. The number of hydrogen-bond acceptors (Lipinski definition) is 1. The largest absolute Gasteiger partial charge is 0.361 e. The molecule has 1 fully saturated rings. The molecule has 1 aromatic heterocycles. The fourth-order valence-electron chi connectivity index (χ4n) is 2.52. The summed E-state index contributed by atoms with van der Waals surface area (Å²) in [6.07, 6.45) is 5.82. The number of para-hydroxylation sites is 1. The minimum Gasteiger partial charge on any atom is -0.361 e. The van der Waals surface area contributed by atoms with E-state index in [1.165, 1.54) is 35.9 Å². The van der Waals surface area contributed by atoms with Gasteiger partial charge in [0.1, 0.15) is 0 Å². The monoisotopic (exact) mass is 200 g/mol. The van der Waals surface area contributed by atoms with Crippen LogP contribution in [0.15, 0.2) is 30.5 Å². The van der Waals surface area contributed by atoms with E-state index < -0.39 is 0 Å². The van der Waals surface area contributed by atoms with Crippen LogP contribution in [-0.2, 0) is 6.42 Å². The summed E-state index contributed by atoms with van der Waals surface area (Å²) in [5.74, 6) is 0. The highest BCUT2D eigenvalue weighted by Crippen LogP contribution is 2.20. The number of aromatic nitrogens is 1. The van der Waals surface area contributed by atoms with Crippen molar-refractivity contribution in [3.63, 3.8) is 0 Å². The van der Waals surface area contributed by atoms with Gasteiger partial charge in [-0.25, -0.2) is 0 Å². The first-order valence-corrected chi connectivity index (χ1v) is 5.72. The summed E-state index contributed by atoms with van der Waals surface area (Å²) in [6.45, 7) is 1.19. The summed E-state index contributed by atoms with van der Waals surface area (Å²) in [4.78, 5) is 3.33. The van der Waals surface area contributed by atoms with Gasteiger partial charge in [-0.3, -0.25) is 0 Å². The molecular weight excluding hydrogens is 184 g/mol. The lowest BCUT2D eigenvalue weighted by molar-refractivity contribution is 0.604. The van der Waals surface area contributed by atoms with Crippen LogP contribution in [0.5, 0.6) is 0 Å². The van der Waals surface area contributed by atoms with Crippen LogP contribution in [0, 0.1) is 0 Å². The van der Waals surface area contributed by atoms with Gasteiger partial charge in [-0.2, -0.15) is 0 Å². The molecule has 1 aromatic carbocycles. The van der Waals surface area contributed by atoms with E-state index in [2.05, 4.69) is 34.6 Å². The molecule has 15 heavy (non-hydrogen) atoms. The lowest BCUT2D eigenvalue weighted by Crippen LogP contribution is -2.23. The molecule has 1 saturated heterocycles. The minimum absolute atomic E-state index is 0.680. The molecule has 0 bridgehead atoms. The van der Waals surface area contributed by atoms with Gasteiger partial charge in [-0.15, -0.1) is 0 Å². The highest BCUT2D eigenvalue weighted by Gasteiger charge is 2.15. The molecule has 2 heteroatoms. The molecule has 78 valence electrons. The van der Waals surface area contributed by atoms with Crippen molar-refractivity contribution in [2.45, 2.75) is 25.3 Å². The molecule has 2 nitrogen and oxygen atoms in total. The van der Waals surface area contributed by atoms with E-state index in [9.17, 15) is 0 Å². The van der Waals surface area contributed by atoms with Crippen molar-refractivity contribution in [2.24, 2.45) is 0 Å². The normalized spacial score (nSPS) is 21.2. The topological polar surface area (TPSA) is 27.8 Å². The zero-order valence-corrected chi connectivity index (χ0v) is 8.79. The molecule has 2 N–H and O–H groups in total. The van der Waals surface area contributed by atoms with Gasteiger partial charge in [0.2, 0.25) is 0 Å². The summed E-state index contributed by atoms with van der Waals surface area (Å²) in [5, 5.41) is 4.87. The Balaban J connectivity index is 1.92. The van der Waals surface area contributed by atoms with Crippen molar-refractivity contribution in [2.75, 3.05) is 6.54 Å². The van der Waals surface area contributed by atoms with E-state index in [4.69, 9.17) is 0 Å². The van der Waals surface area contributed by atoms with Crippen LogP contribution in [0.1, 0.15) is 18.4 Å². The van der Waals surface area contributed by atoms with Crippen molar-refractivity contribution >= 4 is 10.9 Å². The van der Waals surface area contributed by atoms with Crippen molar-refractivity contribution in [3.8, 4) is 0 Å². The van der Waals surface area contributed by atoms with Gasteiger partial charge in [0.15, 0.2) is 0 Å². The average molecular weight is 200 g/mol. The molecule has 1 aliphatic heterocycles. The van der Waals surface area contributed by atoms with Gasteiger partial charge >= 0.3 is 0 Å². The summed E-state index contributed by atoms with van der Waals surface area (Å²) >= 11 is 0. The smallest absolute Gasteiger partial charge is 0.0487 e. The van der Waals surface area contributed by atoms with Crippen molar-refractivity contribution in [1.82, 2.24) is 10.3 Å². The fraction of sp³-hybridized carbons (Fsp3) is 0.385. The first-order valence-electron chi connectivity index (χ1n) is 5.72. The number of fused-ring (bicyclic) bond motifs is 1. The molecule has 0 radical (unpaired) electrons. The molecule has 3 rings (SSSR count). The second-order valence-corrected chi connectivity index (χ2v) is 4.36. The number of H-pyrrole nitrogens is 1. The third kappa shape index (κ3) is 1.65. The predicted molar refractivity (Wildman–Crippen MR) is 63.0 cm³/mol. The summed E-state index contributed by atoms with van der Waals surface area (Å²) < 4.78 is 0. The summed E-state index contributed by atoms with van der Waals surface area (Å²) in [5.41, 5.74) is 2.75. The Morgan fingerprint density at radius 2 is 2.27 bits per heavy atom. The van der Waals surface area contributed by atoms with Crippen LogP contribution in [0.4, 0.5) is 0 Å². The molecule has 0 aliphatic carbocycles. The Morgan fingerprint density at radius 1 is 1.27 bits per heavy atom. The highest BCUT2D eigenvalue weighted by molar-refractivity contribution is 5.82. The first kappa shape index (κ1) is 8.98. The van der Waals surface area contributed by atoms with Gasteiger partial charge in [0.05, 0.1) is 0 Å². The number of benzene rings is 1. The molecule has 2 aromatic rings. The third-order valence-corrected chi connectivity index (χ3v) is 3.30. The van der Waals surface area contributed by atoms with Crippen molar-refractivity contribution in [1.29, 1.82) is 0 Å². The number of hydrogen-bond donors (Lipinski definition) is 2. The van der Waals surface area contributed by atoms with Gasteiger partial charge in [-0.1, -0.05) is 18.2 Å². The molecule has 0 saturated carbocycles.